The van der Waals surface area contributed by atoms with E-state index in [2.05, 4.69) is 20.6 Å². The number of aliphatic hydroxyl groups excluding tert-OH is 1. The third-order valence-electron chi connectivity index (χ3n) is 12.9. The molecule has 3 fully saturated rings. The number of alkyl carbamates (subject to hydrolysis) is 1. The second-order valence-electron chi connectivity index (χ2n) is 17.5. The first-order chi connectivity index (χ1) is 32.1. The number of benzene rings is 2. The zero-order chi connectivity index (χ0) is 46.7. The van der Waals surface area contributed by atoms with Crippen molar-refractivity contribution in [3.8, 4) is 45.1 Å². The summed E-state index contributed by atoms with van der Waals surface area (Å²) >= 11 is 0. The number of hydrogen-bond donors (Lipinski definition) is 5. The Kier molecular flexibility index (Phi) is 16.7. The van der Waals surface area contributed by atoms with Crippen LogP contribution in [0, 0.1) is 11.8 Å². The van der Waals surface area contributed by atoms with Crippen LogP contribution in [0.2, 0.25) is 0 Å². The van der Waals surface area contributed by atoms with Gasteiger partial charge >= 0.3 is 6.09 Å². The number of ether oxygens (including phenoxy) is 6. The van der Waals surface area contributed by atoms with Crippen molar-refractivity contribution in [2.45, 2.75) is 95.8 Å². The first-order valence-electron chi connectivity index (χ1n) is 23.1. The van der Waals surface area contributed by atoms with Gasteiger partial charge < -0.3 is 58.6 Å². The van der Waals surface area contributed by atoms with Crippen molar-refractivity contribution in [2.75, 3.05) is 68.0 Å². The van der Waals surface area contributed by atoms with Crippen LogP contribution in [0.25, 0.3) is 33.6 Å². The molecule has 66 heavy (non-hydrogen) atoms. The van der Waals surface area contributed by atoms with Gasteiger partial charge in [-0.1, -0.05) is 51.0 Å². The Morgan fingerprint density at radius 1 is 0.712 bits per heavy atom. The molecule has 7 rings (SSSR count). The molecular formula is C48H66N8O10. The lowest BCUT2D eigenvalue weighted by Crippen LogP contribution is -2.53. The maximum atomic E-state index is 14.2. The van der Waals surface area contributed by atoms with E-state index >= 15 is 0 Å². The van der Waals surface area contributed by atoms with Gasteiger partial charge in [0.25, 0.3) is 0 Å². The van der Waals surface area contributed by atoms with E-state index in [0.717, 1.165) is 79.3 Å². The van der Waals surface area contributed by atoms with Crippen molar-refractivity contribution in [2.24, 2.45) is 11.8 Å². The van der Waals surface area contributed by atoms with Crippen LogP contribution in [0.4, 0.5) is 4.79 Å². The van der Waals surface area contributed by atoms with Crippen LogP contribution in [0.15, 0.2) is 48.8 Å². The van der Waals surface area contributed by atoms with E-state index in [1.54, 1.807) is 31.5 Å². The number of imidazole rings is 2. The van der Waals surface area contributed by atoms with Crippen LogP contribution in [0.1, 0.15) is 88.9 Å². The Hall–Kier alpha value is -5.53. The fourth-order valence-corrected chi connectivity index (χ4v) is 9.48. The second kappa shape index (κ2) is 22.8. The fourth-order valence-electron chi connectivity index (χ4n) is 9.48. The molecule has 2 aromatic carbocycles. The average Bonchev–Trinajstić information content (AvgIpc) is 4.20. The quantitative estimate of drug-likeness (QED) is 0.0483. The minimum absolute atomic E-state index is 0.0576. The van der Waals surface area contributed by atoms with Gasteiger partial charge in [0.2, 0.25) is 18.2 Å². The van der Waals surface area contributed by atoms with Crippen LogP contribution >= 0.6 is 0 Å². The predicted octanol–water partition coefficient (Wildman–Crippen LogP) is 5.96. The molecule has 2 aliphatic heterocycles. The first kappa shape index (κ1) is 48.4. The number of aromatic amines is 2. The number of likely N-dealkylation sites (tertiary alicyclic amines) is 2. The van der Waals surface area contributed by atoms with E-state index in [4.69, 9.17) is 38.4 Å². The highest BCUT2D eigenvalue weighted by molar-refractivity contribution is 5.87. The summed E-state index contributed by atoms with van der Waals surface area (Å²) in [5.41, 5.74) is 4.82. The van der Waals surface area contributed by atoms with Gasteiger partial charge in [0.15, 0.2) is 11.5 Å². The van der Waals surface area contributed by atoms with Gasteiger partial charge in [-0.25, -0.2) is 14.8 Å². The Morgan fingerprint density at radius 3 is 1.83 bits per heavy atom. The smallest absolute Gasteiger partial charge is 0.407 e. The van der Waals surface area contributed by atoms with Gasteiger partial charge in [0, 0.05) is 45.5 Å². The molecule has 1 saturated carbocycles. The normalized spacial score (nSPS) is 19.0. The third kappa shape index (κ3) is 11.0. The Labute approximate surface area is 386 Å². The number of carbonyl (C=O) groups is 3. The molecule has 18 nitrogen and oxygen atoms in total. The highest BCUT2D eigenvalue weighted by Crippen LogP contribution is 2.46. The topological polar surface area (TPSA) is 215 Å². The number of nitrogens with zero attached hydrogens (tertiary/aromatic N) is 4. The summed E-state index contributed by atoms with van der Waals surface area (Å²) in [6.45, 7) is 6.16. The van der Waals surface area contributed by atoms with Gasteiger partial charge in [-0.2, -0.15) is 0 Å². The van der Waals surface area contributed by atoms with Crippen LogP contribution < -0.4 is 20.1 Å². The lowest BCUT2D eigenvalue weighted by Gasteiger charge is -2.32. The van der Waals surface area contributed by atoms with E-state index in [-0.39, 0.29) is 48.9 Å². The number of methoxy groups -OCH3 is 4. The number of rotatable bonds is 21. The summed E-state index contributed by atoms with van der Waals surface area (Å²) in [5, 5.41) is 16.1. The van der Waals surface area contributed by atoms with Crippen molar-refractivity contribution in [1.29, 1.82) is 0 Å². The van der Waals surface area contributed by atoms with Crippen molar-refractivity contribution >= 4 is 17.9 Å². The number of nitrogens with one attached hydrogen (secondary N) is 4. The molecule has 4 heterocycles. The summed E-state index contributed by atoms with van der Waals surface area (Å²) in [7, 11) is 5.94. The summed E-state index contributed by atoms with van der Waals surface area (Å²) < 4.78 is 33.6. The summed E-state index contributed by atoms with van der Waals surface area (Å²) in [5.74, 6) is 2.15. The van der Waals surface area contributed by atoms with Crippen molar-refractivity contribution in [1.82, 2.24) is 40.4 Å². The maximum Gasteiger partial charge on any atom is 0.407 e. The molecule has 358 valence electrons. The minimum atomic E-state index is -1.24. The molecule has 0 spiro atoms. The number of aliphatic hydroxyl groups is 1. The molecule has 4 aromatic rings. The minimum Gasteiger partial charge on any atom is -0.487 e. The Morgan fingerprint density at radius 2 is 1.26 bits per heavy atom. The molecule has 18 heteroatoms. The largest absolute Gasteiger partial charge is 0.487 e. The van der Waals surface area contributed by atoms with E-state index in [0.29, 0.717) is 55.1 Å². The fraction of sp³-hybridized carbons (Fsp3) is 0.562. The molecule has 0 radical (unpaired) electrons. The van der Waals surface area contributed by atoms with Crippen molar-refractivity contribution in [3.63, 3.8) is 0 Å². The number of amides is 3. The van der Waals surface area contributed by atoms with Gasteiger partial charge in [-0.3, -0.25) is 14.9 Å². The SMILES string of the molecule is COCCOc1c(-c2ccc(-c3cnc([C@@H]4CCCN4C(=O)[C@@H](NC(=O)OC)C(C)C)[nH]3)cc2)ccc(-c2cnc([C@@H]3CCCN3C(=O)[C@@H](NC(O)OC)C3CCCC3)[nH]2)c1OCCOC. The number of H-pyrrole nitrogens is 2. The summed E-state index contributed by atoms with van der Waals surface area (Å²) in [4.78, 5) is 60.2. The second-order valence-corrected chi connectivity index (χ2v) is 17.5. The number of aromatic nitrogens is 4. The molecule has 2 aromatic heterocycles. The highest BCUT2D eigenvalue weighted by atomic mass is 16.6. The van der Waals surface area contributed by atoms with Crippen LogP contribution in [0.5, 0.6) is 11.5 Å². The number of hydrogen-bond acceptors (Lipinski definition) is 13. The molecule has 1 unspecified atom stereocenters. The monoisotopic (exact) mass is 914 g/mol. The first-order valence-corrected chi connectivity index (χ1v) is 23.1. The maximum absolute atomic E-state index is 14.2. The zero-order valence-corrected chi connectivity index (χ0v) is 39.0. The lowest BCUT2D eigenvalue weighted by atomic mass is 9.96. The van der Waals surface area contributed by atoms with Crippen LogP contribution in [-0.4, -0.2) is 139 Å². The molecular weight excluding hydrogens is 849 g/mol. The van der Waals surface area contributed by atoms with Crippen LogP contribution in [0.3, 0.4) is 0 Å². The highest BCUT2D eigenvalue weighted by Gasteiger charge is 2.41. The summed E-state index contributed by atoms with van der Waals surface area (Å²) in [6.07, 6.45) is 8.74. The lowest BCUT2D eigenvalue weighted by molar-refractivity contribution is -0.145. The van der Waals surface area contributed by atoms with Crippen LogP contribution in [-0.2, 0) is 28.5 Å². The van der Waals surface area contributed by atoms with Gasteiger partial charge in [-0.15, -0.1) is 0 Å². The molecule has 2 saturated heterocycles. The van der Waals surface area contributed by atoms with Gasteiger partial charge in [0.05, 0.1) is 62.2 Å². The molecule has 0 bridgehead atoms. The Bertz CT molecular complexity index is 2220. The molecule has 5 atom stereocenters. The van der Waals surface area contributed by atoms with Crippen molar-refractivity contribution < 1.29 is 47.9 Å². The zero-order valence-electron chi connectivity index (χ0n) is 39.0. The van der Waals surface area contributed by atoms with Crippen molar-refractivity contribution in [3.05, 3.63) is 60.4 Å². The number of carbonyl (C=O) groups excluding carboxylic acids is 3. The molecule has 1 aliphatic carbocycles. The molecule has 3 amide bonds. The average molecular weight is 915 g/mol. The van der Waals surface area contributed by atoms with E-state index in [9.17, 15) is 19.5 Å². The van der Waals surface area contributed by atoms with Gasteiger partial charge in [-0.05, 0) is 73.6 Å². The van der Waals surface area contributed by atoms with Gasteiger partial charge in [0.1, 0.15) is 30.9 Å². The predicted molar refractivity (Wildman–Crippen MR) is 245 cm³/mol. The molecule has 3 aliphatic rings. The summed E-state index contributed by atoms with van der Waals surface area (Å²) in [6, 6.07) is 10.2. The van der Waals surface area contributed by atoms with E-state index in [1.165, 1.54) is 14.2 Å². The molecule has 5 N–H and O–H groups in total. The van der Waals surface area contributed by atoms with E-state index < -0.39 is 24.6 Å². The third-order valence-corrected chi connectivity index (χ3v) is 12.9. The Balaban J connectivity index is 1.15. The van der Waals surface area contributed by atoms with E-state index in [1.807, 2.05) is 55.1 Å². The standard InChI is InChI=1S/C48H66N8O10/c1-29(2)39(53-47(59)63-5)45(57)55-21-9-13-37(55)43-49-27-35(51-43)31-17-15-30(16-18-31)33-19-20-34(42(66-26-24-62-4)41(33)65-25-23-61-3)36-28-50-44(52-36)38-14-10-22-56(38)46(58)40(54-48(60)64-6)32-11-7-8-12-32/h15-20,27-29,32,37-40,48,54,60H,7-14,21-26H2,1-6H3,(H,49,51)(H,50,52)(H,53,59)/t37-,38-,39-,40-,48?/m0/s1.